The molecule has 2 amide bonds. The number of amides is 2. The lowest BCUT2D eigenvalue weighted by Crippen LogP contribution is -2.37. The van der Waals surface area contributed by atoms with Crippen molar-refractivity contribution >= 4 is 44.5 Å². The van der Waals surface area contributed by atoms with Crippen LogP contribution in [0.2, 0.25) is 0 Å². The van der Waals surface area contributed by atoms with Gasteiger partial charge in [0.05, 0.1) is 6.54 Å². The van der Waals surface area contributed by atoms with Crippen LogP contribution < -0.4 is 5.73 Å². The van der Waals surface area contributed by atoms with E-state index in [1.807, 2.05) is 6.07 Å². The maximum atomic E-state index is 11.6. The summed E-state index contributed by atoms with van der Waals surface area (Å²) in [5, 5.41) is -0.181. The molecule has 0 radical (unpaired) electrons. The first-order valence-electron chi connectivity index (χ1n) is 5.08. The highest BCUT2D eigenvalue weighted by Crippen LogP contribution is 2.23. The molecule has 0 aliphatic carbocycles. The second-order valence-corrected chi connectivity index (χ2v) is 5.70. The molecular formula is C11H11BrN2O2S. The second-order valence-electron chi connectivity index (χ2n) is 3.74. The molecule has 1 aliphatic heterocycles. The third kappa shape index (κ3) is 3.01. The van der Waals surface area contributed by atoms with E-state index in [1.54, 1.807) is 12.1 Å². The Bertz CT molecular complexity index is 442. The number of nitrogens with zero attached hydrogens (tertiary/aromatic N) is 1. The Labute approximate surface area is 112 Å². The summed E-state index contributed by atoms with van der Waals surface area (Å²) in [6, 6.07) is 5.40. The van der Waals surface area contributed by atoms with Crippen molar-refractivity contribution in [2.75, 3.05) is 11.5 Å². The largest absolute Gasteiger partial charge is 0.399 e. The van der Waals surface area contributed by atoms with E-state index in [2.05, 4.69) is 15.9 Å². The Balaban J connectivity index is 2.19. The SMILES string of the molecule is Nc1cc(Br)cc(CN2C(=O)CCSC2=O)c1. The quantitative estimate of drug-likeness (QED) is 0.852. The number of carbonyl (C=O) groups is 2. The van der Waals surface area contributed by atoms with Crippen LogP contribution in [0.15, 0.2) is 22.7 Å². The number of benzene rings is 1. The third-order valence-corrected chi connectivity index (χ3v) is 3.72. The maximum Gasteiger partial charge on any atom is 0.288 e. The van der Waals surface area contributed by atoms with Crippen molar-refractivity contribution in [2.45, 2.75) is 13.0 Å². The monoisotopic (exact) mass is 314 g/mol. The van der Waals surface area contributed by atoms with Crippen molar-refractivity contribution in [1.82, 2.24) is 4.90 Å². The standard InChI is InChI=1S/C11H11BrN2O2S/c12-8-3-7(4-9(13)5-8)6-14-10(15)1-2-17-11(14)16/h3-5H,1-2,6,13H2. The summed E-state index contributed by atoms with van der Waals surface area (Å²) in [6.07, 6.45) is 0.417. The topological polar surface area (TPSA) is 63.4 Å². The van der Waals surface area contributed by atoms with Gasteiger partial charge in [0.15, 0.2) is 0 Å². The minimum Gasteiger partial charge on any atom is -0.399 e. The number of thioether (sulfide) groups is 1. The van der Waals surface area contributed by atoms with Gasteiger partial charge < -0.3 is 5.73 Å². The molecule has 1 heterocycles. The summed E-state index contributed by atoms with van der Waals surface area (Å²) < 4.78 is 0.845. The third-order valence-electron chi connectivity index (χ3n) is 2.38. The molecule has 2 N–H and O–H groups in total. The zero-order valence-corrected chi connectivity index (χ0v) is 11.4. The Hall–Kier alpha value is -1.01. The normalized spacial score (nSPS) is 16.4. The zero-order chi connectivity index (χ0) is 12.4. The lowest BCUT2D eigenvalue weighted by atomic mass is 10.2. The highest BCUT2D eigenvalue weighted by atomic mass is 79.9. The van der Waals surface area contributed by atoms with Crippen LogP contribution in [0.5, 0.6) is 0 Å². The fourth-order valence-electron chi connectivity index (χ4n) is 1.64. The molecule has 0 saturated carbocycles. The number of hydrogen-bond acceptors (Lipinski definition) is 4. The van der Waals surface area contributed by atoms with Gasteiger partial charge in [0.25, 0.3) is 5.24 Å². The molecule has 1 aromatic carbocycles. The zero-order valence-electron chi connectivity index (χ0n) is 8.98. The van der Waals surface area contributed by atoms with Gasteiger partial charge in [-0.25, -0.2) is 0 Å². The molecule has 0 unspecified atom stereocenters. The molecule has 0 bridgehead atoms. The molecule has 0 aromatic heterocycles. The van der Waals surface area contributed by atoms with Crippen molar-refractivity contribution in [3.63, 3.8) is 0 Å². The molecule has 17 heavy (non-hydrogen) atoms. The maximum absolute atomic E-state index is 11.6. The fourth-order valence-corrected chi connectivity index (χ4v) is 2.97. The average Bonchev–Trinajstić information content (AvgIpc) is 2.22. The van der Waals surface area contributed by atoms with E-state index in [1.165, 1.54) is 16.7 Å². The molecule has 4 nitrogen and oxygen atoms in total. The Morgan fingerprint density at radius 3 is 2.76 bits per heavy atom. The van der Waals surface area contributed by atoms with Crippen molar-refractivity contribution in [1.29, 1.82) is 0 Å². The first-order chi connectivity index (χ1) is 8.06. The van der Waals surface area contributed by atoms with Gasteiger partial charge in [-0.3, -0.25) is 14.5 Å². The van der Waals surface area contributed by atoms with Gasteiger partial charge in [-0.1, -0.05) is 27.7 Å². The van der Waals surface area contributed by atoms with Crippen LogP contribution in [0.4, 0.5) is 10.5 Å². The van der Waals surface area contributed by atoms with E-state index in [4.69, 9.17) is 5.73 Å². The molecule has 90 valence electrons. The van der Waals surface area contributed by atoms with E-state index in [0.717, 1.165) is 10.0 Å². The van der Waals surface area contributed by atoms with Gasteiger partial charge in [0.1, 0.15) is 0 Å². The van der Waals surface area contributed by atoms with Gasteiger partial charge in [-0.05, 0) is 23.8 Å². The minimum atomic E-state index is -0.181. The summed E-state index contributed by atoms with van der Waals surface area (Å²) in [6.45, 7) is 0.286. The predicted molar refractivity (Wildman–Crippen MR) is 71.6 cm³/mol. The molecule has 0 spiro atoms. The smallest absolute Gasteiger partial charge is 0.288 e. The first kappa shape index (κ1) is 12.4. The summed E-state index contributed by atoms with van der Waals surface area (Å²) in [5.41, 5.74) is 7.17. The van der Waals surface area contributed by atoms with Crippen LogP contribution in [0.3, 0.4) is 0 Å². The summed E-state index contributed by atoms with van der Waals surface area (Å²) in [7, 11) is 0. The number of anilines is 1. The van der Waals surface area contributed by atoms with E-state index in [9.17, 15) is 9.59 Å². The number of hydrogen-bond donors (Lipinski definition) is 1. The fraction of sp³-hybridized carbons (Fsp3) is 0.273. The van der Waals surface area contributed by atoms with Crippen LogP contribution >= 0.6 is 27.7 Å². The van der Waals surface area contributed by atoms with Crippen LogP contribution in [-0.4, -0.2) is 21.8 Å². The van der Waals surface area contributed by atoms with Gasteiger partial charge in [-0.15, -0.1) is 0 Å². The van der Waals surface area contributed by atoms with Crippen molar-refractivity contribution in [3.8, 4) is 0 Å². The van der Waals surface area contributed by atoms with E-state index in [-0.39, 0.29) is 17.7 Å². The molecular weight excluding hydrogens is 304 g/mol. The Kier molecular flexibility index (Phi) is 3.73. The van der Waals surface area contributed by atoms with E-state index >= 15 is 0 Å². The van der Waals surface area contributed by atoms with Crippen LogP contribution in [0, 0.1) is 0 Å². The Morgan fingerprint density at radius 2 is 2.12 bits per heavy atom. The highest BCUT2D eigenvalue weighted by molar-refractivity contribution is 9.10. The molecule has 1 aliphatic rings. The predicted octanol–water partition coefficient (Wildman–Crippen LogP) is 2.62. The summed E-state index contributed by atoms with van der Waals surface area (Å²) in [4.78, 5) is 24.5. The first-order valence-corrected chi connectivity index (χ1v) is 6.86. The van der Waals surface area contributed by atoms with E-state index in [0.29, 0.717) is 17.9 Å². The second kappa shape index (κ2) is 5.10. The number of halogens is 1. The van der Waals surface area contributed by atoms with Gasteiger partial charge >= 0.3 is 0 Å². The number of imide groups is 1. The number of nitrogen functional groups attached to an aromatic ring is 1. The number of carbonyl (C=O) groups excluding carboxylic acids is 2. The average molecular weight is 315 g/mol. The van der Waals surface area contributed by atoms with Gasteiger partial charge in [0.2, 0.25) is 5.91 Å². The molecule has 1 aromatic rings. The molecule has 1 saturated heterocycles. The summed E-state index contributed by atoms with van der Waals surface area (Å²) >= 11 is 4.52. The number of rotatable bonds is 2. The molecule has 6 heteroatoms. The van der Waals surface area contributed by atoms with Crippen LogP contribution in [0.1, 0.15) is 12.0 Å². The lowest BCUT2D eigenvalue weighted by molar-refractivity contribution is -0.128. The van der Waals surface area contributed by atoms with Crippen LogP contribution in [-0.2, 0) is 11.3 Å². The number of nitrogens with two attached hydrogens (primary N) is 1. The minimum absolute atomic E-state index is 0.118. The highest BCUT2D eigenvalue weighted by Gasteiger charge is 2.26. The van der Waals surface area contributed by atoms with Crippen molar-refractivity contribution in [3.05, 3.63) is 28.2 Å². The molecule has 2 rings (SSSR count). The van der Waals surface area contributed by atoms with Crippen molar-refractivity contribution in [2.24, 2.45) is 0 Å². The Morgan fingerprint density at radius 1 is 1.35 bits per heavy atom. The van der Waals surface area contributed by atoms with Gasteiger partial charge in [0, 0.05) is 22.3 Å². The van der Waals surface area contributed by atoms with Crippen LogP contribution in [0.25, 0.3) is 0 Å². The summed E-state index contributed by atoms with van der Waals surface area (Å²) in [5.74, 6) is 0.460. The van der Waals surface area contributed by atoms with Crippen molar-refractivity contribution < 1.29 is 9.59 Å². The van der Waals surface area contributed by atoms with E-state index < -0.39 is 0 Å². The molecule has 0 atom stereocenters. The van der Waals surface area contributed by atoms with Gasteiger partial charge in [-0.2, -0.15) is 0 Å². The lowest BCUT2D eigenvalue weighted by Gasteiger charge is -2.24. The molecule has 1 fully saturated rings.